The van der Waals surface area contributed by atoms with E-state index in [1.807, 2.05) is 0 Å². The second-order valence-corrected chi connectivity index (χ2v) is 21.8. The zero-order valence-corrected chi connectivity index (χ0v) is 63.4. The predicted octanol–water partition coefficient (Wildman–Crippen LogP) is 18.5. The van der Waals surface area contributed by atoms with Gasteiger partial charge >= 0.3 is 83.5 Å². The Bertz CT molecular complexity index is 2380. The summed E-state index contributed by atoms with van der Waals surface area (Å²) in [4.78, 5) is -7.71. The van der Waals surface area contributed by atoms with Gasteiger partial charge in [-0.2, -0.15) is 0 Å². The maximum atomic E-state index is 12.3. The minimum absolute atomic E-state index is 0. The van der Waals surface area contributed by atoms with Crippen molar-refractivity contribution in [2.24, 2.45) is 0 Å². The Kier molecular flexibility index (Phi) is 53.4. The molecule has 2 radical (unpaired) electrons. The molecule has 6 aromatic rings. The maximum Gasteiger partial charge on any atom is 3.00 e. The Balaban J connectivity index is 0. The van der Waals surface area contributed by atoms with Crippen LogP contribution in [0.4, 0.5) is 132 Å². The second kappa shape index (κ2) is 53.8. The minimum atomic E-state index is -2.20. The molecule has 6 aromatic carbocycles. The van der Waals surface area contributed by atoms with Gasteiger partial charge in [0.1, 0.15) is 69.8 Å². The number of hydrogen-bond acceptors (Lipinski definition) is 12. The number of ether oxygens (including phenoxy) is 6. The summed E-state index contributed by atoms with van der Waals surface area (Å²) in [7, 11) is 0. The van der Waals surface area contributed by atoms with Crippen LogP contribution in [0.15, 0.2) is 29.4 Å². The van der Waals surface area contributed by atoms with Crippen molar-refractivity contribution in [1.82, 2.24) is 0 Å². The average molecular weight is 1910 g/mol. The Labute approximate surface area is 673 Å². The smallest absolute Gasteiger partial charge is 0.774 e. The summed E-state index contributed by atoms with van der Waals surface area (Å²) in [6.07, 6.45) is 15.3. The van der Waals surface area contributed by atoms with Crippen LogP contribution in [0.5, 0.6) is 0 Å². The molecule has 6 saturated heterocycles. The van der Waals surface area contributed by atoms with Crippen molar-refractivity contribution >= 4 is 75.8 Å². The van der Waals surface area contributed by atoms with Gasteiger partial charge in [0, 0.05) is 79.3 Å². The number of benzene rings is 6. The molecule has 12 rings (SSSR count). The largest absolute Gasteiger partial charge is 3.00 e. The maximum absolute atomic E-state index is 12.3. The first-order valence-electron chi connectivity index (χ1n) is 28.4. The van der Waals surface area contributed by atoms with E-state index in [-0.39, 0.29) is 83.5 Å². The van der Waals surface area contributed by atoms with Crippen molar-refractivity contribution in [3.05, 3.63) is 175 Å². The van der Waals surface area contributed by atoms with E-state index in [1.54, 1.807) is 0 Å². The van der Waals surface area contributed by atoms with E-state index in [4.69, 9.17) is 28.4 Å². The van der Waals surface area contributed by atoms with E-state index in [0.717, 1.165) is 79.3 Å². The molecule has 6 nitrogen and oxygen atoms in total. The molecule has 0 amide bonds. The molecule has 0 atom stereocenters. The van der Waals surface area contributed by atoms with Crippen molar-refractivity contribution < 1.29 is 244 Å². The number of rotatable bonds is 0. The fraction of sp³-hybridized carbons (Fsp3) is 0.400. The second-order valence-electron chi connectivity index (χ2n) is 19.3. The average Bonchev–Trinajstić information content (AvgIpc) is 0.921. The predicted molar refractivity (Wildman–Crippen MR) is 311 cm³/mol. The van der Waals surface area contributed by atoms with Crippen LogP contribution in [0.25, 0.3) is 0 Å². The van der Waals surface area contributed by atoms with Crippen LogP contribution < -0.4 is 0 Å². The van der Waals surface area contributed by atoms with Crippen LogP contribution in [0, 0.1) is 258 Å². The summed E-state index contributed by atoms with van der Waals surface area (Å²) < 4.78 is 397. The molecule has 6 aliphatic heterocycles. The first kappa shape index (κ1) is 103. The van der Waals surface area contributed by atoms with Crippen LogP contribution in [-0.4, -0.2) is 79.3 Å². The third-order valence-corrected chi connectivity index (χ3v) is 14.1. The van der Waals surface area contributed by atoms with E-state index in [2.05, 4.69) is 75.8 Å². The molecule has 578 valence electrons. The molecular weight excluding hydrogens is 1860 g/mol. The molecule has 0 spiro atoms. The molecule has 0 aromatic heterocycles. The van der Waals surface area contributed by atoms with Gasteiger partial charge in [0.25, 0.3) is 0 Å². The zero-order valence-electron chi connectivity index (χ0n) is 52.2. The number of hydrogen-bond donors (Lipinski definition) is 0. The summed E-state index contributed by atoms with van der Waals surface area (Å²) in [6, 6.07) is 0. The quantitative estimate of drug-likeness (QED) is 0.0630. The van der Waals surface area contributed by atoms with Crippen molar-refractivity contribution in [2.75, 3.05) is 79.3 Å². The zero-order chi connectivity index (χ0) is 78.0. The summed E-state index contributed by atoms with van der Waals surface area (Å²) in [5.41, 5.74) is 0. The fourth-order valence-electron chi connectivity index (χ4n) is 6.57. The van der Waals surface area contributed by atoms with E-state index in [9.17, 15) is 132 Å². The SMILES string of the molecule is C1CCOC1.C1CCOC1.C1CCOC1.C1CCOC1.C1CCOC1.C1CCOC1.Fc1c(F)c(F)c([S-])c(F)c1F.Fc1c(F)c(F)c([S-])c(F)c1F.Fc1c(F)c(F)c([S-])c(F)c1F.Fc1c(F)c(F)c([S-])c(F)c1F.Fc1c(F)c(F)c([S-])c(F)c1F.Fc1c(F)c(F)c([S-])c(F)c1F.[Ce+3].[Ce+3]. The van der Waals surface area contributed by atoms with Crippen LogP contribution in [0.3, 0.4) is 0 Å². The Hall–Kier alpha value is -2.95. The number of halogens is 30. The van der Waals surface area contributed by atoms with Gasteiger partial charge in [0.2, 0.25) is 0 Å². The van der Waals surface area contributed by atoms with Gasteiger partial charge in [-0.3, -0.25) is 0 Å². The topological polar surface area (TPSA) is 55.4 Å². The summed E-state index contributed by atoms with van der Waals surface area (Å²) >= 11 is 23.6. The molecule has 6 fully saturated rings. The van der Waals surface area contributed by atoms with E-state index < -0.39 is 204 Å². The molecule has 44 heteroatoms. The van der Waals surface area contributed by atoms with Crippen molar-refractivity contribution in [2.45, 2.75) is 106 Å². The van der Waals surface area contributed by atoms with Crippen LogP contribution in [0.1, 0.15) is 77.0 Å². The Morgan fingerprint density at radius 3 is 0.231 bits per heavy atom. The molecule has 6 heterocycles. The van der Waals surface area contributed by atoms with Gasteiger partial charge in [-0.25, -0.2) is 132 Å². The van der Waals surface area contributed by atoms with E-state index in [0.29, 0.717) is 0 Å². The third-order valence-electron chi connectivity index (χ3n) is 12.0. The van der Waals surface area contributed by atoms with Gasteiger partial charge < -0.3 is 104 Å². The first-order valence-corrected chi connectivity index (χ1v) is 30.8. The first-order chi connectivity index (χ1) is 47.8. The summed E-state index contributed by atoms with van der Waals surface area (Å²) in [5, 5.41) is 0. The molecule has 0 saturated carbocycles. The van der Waals surface area contributed by atoms with Crippen molar-refractivity contribution in [3.8, 4) is 0 Å². The standard InChI is InChI=1S/6C6HF5S.6C4H8O.2Ce/c6*7-1-2(8)4(10)6(12)5(11)3(1)9;6*1-2-4-5-3-1;;/h6*12H;6*1-4H2;;/q;;;;;;;;;;;;2*+3/p-6. The van der Waals surface area contributed by atoms with Gasteiger partial charge in [-0.1, -0.05) is 29.4 Å². The molecule has 0 aliphatic carbocycles. The minimum Gasteiger partial charge on any atom is -0.774 e. The van der Waals surface area contributed by atoms with Crippen molar-refractivity contribution in [1.29, 1.82) is 0 Å². The molecule has 6 aliphatic rings. The molecule has 0 N–H and O–H groups in total. The molecular formula is C60H48Ce2F30O6S6. The van der Waals surface area contributed by atoms with Gasteiger partial charge in [-0.05, 0) is 77.0 Å². The van der Waals surface area contributed by atoms with Crippen molar-refractivity contribution in [3.63, 3.8) is 0 Å². The van der Waals surface area contributed by atoms with Gasteiger partial charge in [0.15, 0.2) is 105 Å². The van der Waals surface area contributed by atoms with Crippen LogP contribution in [0.2, 0.25) is 0 Å². The van der Waals surface area contributed by atoms with Gasteiger partial charge in [0.05, 0.1) is 0 Å². The summed E-state index contributed by atoms with van der Waals surface area (Å²) in [6.45, 7) is 12.0. The third kappa shape index (κ3) is 32.5. The van der Waals surface area contributed by atoms with Crippen LogP contribution in [-0.2, 0) is 104 Å². The molecule has 0 unspecified atom stereocenters. The van der Waals surface area contributed by atoms with Crippen LogP contribution >= 0.6 is 0 Å². The molecule has 0 bridgehead atoms. The summed E-state index contributed by atoms with van der Waals surface area (Å²) in [5.74, 6) is -61.0. The fourth-order valence-corrected chi connectivity index (χ4v) is 7.65. The molecule has 104 heavy (non-hydrogen) atoms. The Morgan fingerprint density at radius 2 is 0.183 bits per heavy atom. The Morgan fingerprint density at radius 1 is 0.125 bits per heavy atom. The monoisotopic (exact) mass is 1910 g/mol. The van der Waals surface area contributed by atoms with Gasteiger partial charge in [-0.15, -0.1) is 0 Å². The normalized spacial score (nSPS) is 14.1. The van der Waals surface area contributed by atoms with E-state index >= 15 is 0 Å². The van der Waals surface area contributed by atoms with E-state index in [1.165, 1.54) is 77.0 Å².